The highest BCUT2D eigenvalue weighted by molar-refractivity contribution is 9.10. The van der Waals surface area contributed by atoms with E-state index >= 15 is 0 Å². The molecule has 76 valence electrons. The fourth-order valence-electron chi connectivity index (χ4n) is 1.02. The van der Waals surface area contributed by atoms with E-state index in [4.69, 9.17) is 9.66 Å². The first-order valence-corrected chi connectivity index (χ1v) is 5.47. The van der Waals surface area contributed by atoms with Crippen LogP contribution in [0.5, 0.6) is 0 Å². The van der Waals surface area contributed by atoms with Crippen LogP contribution in [0.3, 0.4) is 0 Å². The molecule has 1 unspecified atom stereocenters. The van der Waals surface area contributed by atoms with E-state index in [1.54, 1.807) is 6.92 Å². The van der Waals surface area contributed by atoms with E-state index in [2.05, 4.69) is 15.9 Å². The summed E-state index contributed by atoms with van der Waals surface area (Å²) in [4.78, 5) is 10.8. The Hall–Kier alpha value is -0.720. The number of halogens is 1. The van der Waals surface area contributed by atoms with E-state index in [1.807, 2.05) is 0 Å². The van der Waals surface area contributed by atoms with Gasteiger partial charge >= 0.3 is 5.97 Å². The number of carboxylic acids is 1. The monoisotopic (exact) mass is 278 g/mol. The second-order valence-corrected chi connectivity index (χ2v) is 4.44. The molecule has 0 amide bonds. The Labute approximate surface area is 91.4 Å². The molecular formula is C8H7BrO4S. The number of carboxylic acid groups (broad SMARTS) is 1. The molecule has 0 radical (unpaired) electrons. The maximum absolute atomic E-state index is 10.8. The lowest BCUT2D eigenvalue weighted by atomic mass is 10.1. The van der Waals surface area contributed by atoms with E-state index < -0.39 is 17.0 Å². The van der Waals surface area contributed by atoms with E-state index in [0.717, 1.165) is 0 Å². The molecule has 1 rings (SSSR count). The Bertz CT molecular complexity index is 381. The van der Waals surface area contributed by atoms with Gasteiger partial charge < -0.3 is 9.66 Å². The van der Waals surface area contributed by atoms with Crippen molar-refractivity contribution in [2.45, 2.75) is 11.8 Å². The second kappa shape index (κ2) is 4.20. The molecule has 0 saturated heterocycles. The van der Waals surface area contributed by atoms with Crippen LogP contribution in [0.15, 0.2) is 21.5 Å². The third-order valence-corrected chi connectivity index (χ3v) is 3.33. The quantitative estimate of drug-likeness (QED) is 0.812. The number of rotatable bonds is 2. The summed E-state index contributed by atoms with van der Waals surface area (Å²) in [7, 11) is 0. The van der Waals surface area contributed by atoms with Crippen LogP contribution in [0.1, 0.15) is 15.9 Å². The molecule has 4 nitrogen and oxygen atoms in total. The molecule has 1 aromatic carbocycles. The van der Waals surface area contributed by atoms with Crippen molar-refractivity contribution in [1.82, 2.24) is 0 Å². The fraction of sp³-hybridized carbons (Fsp3) is 0.125. The lowest BCUT2D eigenvalue weighted by Gasteiger charge is -2.04. The Morgan fingerprint density at radius 2 is 2.07 bits per heavy atom. The second-order valence-electron chi connectivity index (χ2n) is 2.65. The Kier molecular flexibility index (Phi) is 3.41. The van der Waals surface area contributed by atoms with Crippen molar-refractivity contribution in [1.29, 1.82) is 0 Å². The van der Waals surface area contributed by atoms with Crippen molar-refractivity contribution in [3.8, 4) is 0 Å². The van der Waals surface area contributed by atoms with E-state index in [1.165, 1.54) is 12.1 Å². The van der Waals surface area contributed by atoms with Crippen molar-refractivity contribution >= 4 is 33.0 Å². The maximum atomic E-state index is 10.8. The summed E-state index contributed by atoms with van der Waals surface area (Å²) in [6.07, 6.45) is 0. The summed E-state index contributed by atoms with van der Waals surface area (Å²) in [5.41, 5.74) is 0.573. The van der Waals surface area contributed by atoms with Gasteiger partial charge in [-0.15, -0.1) is 0 Å². The first-order valence-electron chi connectivity index (χ1n) is 3.57. The molecular weight excluding hydrogens is 272 g/mol. The van der Waals surface area contributed by atoms with Crippen molar-refractivity contribution in [3.05, 3.63) is 27.7 Å². The lowest BCUT2D eigenvalue weighted by molar-refractivity contribution is 0.0696. The highest BCUT2D eigenvalue weighted by atomic mass is 79.9. The molecule has 14 heavy (non-hydrogen) atoms. The van der Waals surface area contributed by atoms with Gasteiger partial charge in [0.2, 0.25) is 0 Å². The Morgan fingerprint density at radius 3 is 2.50 bits per heavy atom. The molecule has 0 spiro atoms. The number of aromatic carboxylic acids is 1. The first-order chi connectivity index (χ1) is 6.43. The average molecular weight is 279 g/mol. The minimum absolute atomic E-state index is 0.0330. The SMILES string of the molecule is Cc1cc(Br)c(S(=O)O)cc1C(=O)O. The normalized spacial score (nSPS) is 12.5. The number of benzene rings is 1. The molecule has 2 N–H and O–H groups in total. The summed E-state index contributed by atoms with van der Waals surface area (Å²) >= 11 is 0.899. The average Bonchev–Trinajstić information content (AvgIpc) is 2.02. The van der Waals surface area contributed by atoms with Gasteiger partial charge in [-0.2, -0.15) is 0 Å². The molecule has 0 aromatic heterocycles. The van der Waals surface area contributed by atoms with E-state index in [0.29, 0.717) is 10.0 Å². The lowest BCUT2D eigenvalue weighted by Crippen LogP contribution is -2.02. The fourth-order valence-corrected chi connectivity index (χ4v) is 2.33. The number of hydrogen-bond donors (Lipinski definition) is 2. The molecule has 0 aliphatic rings. The Balaban J connectivity index is 3.42. The van der Waals surface area contributed by atoms with Gasteiger partial charge in [0, 0.05) is 4.47 Å². The molecule has 0 fully saturated rings. The Morgan fingerprint density at radius 1 is 1.50 bits per heavy atom. The minimum atomic E-state index is -2.19. The van der Waals surface area contributed by atoms with Crippen LogP contribution >= 0.6 is 15.9 Å². The zero-order valence-corrected chi connectivity index (χ0v) is 9.55. The van der Waals surface area contributed by atoms with Crippen LogP contribution in [0, 0.1) is 6.92 Å². The van der Waals surface area contributed by atoms with Crippen molar-refractivity contribution < 1.29 is 18.7 Å². The molecule has 1 atom stereocenters. The molecule has 1 aromatic rings. The summed E-state index contributed by atoms with van der Waals surface area (Å²) in [5, 5.41) is 8.77. The molecule has 0 aliphatic carbocycles. The van der Waals surface area contributed by atoms with Crippen LogP contribution < -0.4 is 0 Å². The summed E-state index contributed by atoms with van der Waals surface area (Å²) in [5.74, 6) is -1.11. The van der Waals surface area contributed by atoms with Crippen LogP contribution in [-0.4, -0.2) is 19.8 Å². The standard InChI is InChI=1S/C8H7BrO4S/c1-4-2-6(9)7(14(12)13)3-5(4)8(10)11/h2-3H,1H3,(H,10,11)(H,12,13). The highest BCUT2D eigenvalue weighted by Gasteiger charge is 2.13. The zero-order chi connectivity index (χ0) is 10.9. The van der Waals surface area contributed by atoms with Gasteiger partial charge in [0.05, 0.1) is 10.5 Å². The largest absolute Gasteiger partial charge is 0.478 e. The summed E-state index contributed by atoms with van der Waals surface area (Å²) in [6.45, 7) is 1.62. The number of hydrogen-bond acceptors (Lipinski definition) is 2. The van der Waals surface area contributed by atoms with Crippen LogP contribution in [-0.2, 0) is 11.1 Å². The zero-order valence-electron chi connectivity index (χ0n) is 7.15. The molecule has 0 heterocycles. The van der Waals surface area contributed by atoms with Crippen molar-refractivity contribution in [2.24, 2.45) is 0 Å². The van der Waals surface area contributed by atoms with Gasteiger partial charge in [-0.3, -0.25) is 0 Å². The van der Waals surface area contributed by atoms with Gasteiger partial charge in [-0.1, -0.05) is 0 Å². The predicted molar refractivity (Wildman–Crippen MR) is 54.9 cm³/mol. The van der Waals surface area contributed by atoms with Gasteiger partial charge in [-0.05, 0) is 40.5 Å². The predicted octanol–water partition coefficient (Wildman–Crippen LogP) is 2.04. The third kappa shape index (κ3) is 2.20. The molecule has 0 bridgehead atoms. The van der Waals surface area contributed by atoms with E-state index in [-0.39, 0.29) is 10.5 Å². The van der Waals surface area contributed by atoms with Crippen LogP contribution in [0.4, 0.5) is 0 Å². The number of aryl methyl sites for hydroxylation is 1. The third-order valence-electron chi connectivity index (χ3n) is 1.70. The maximum Gasteiger partial charge on any atom is 0.335 e. The van der Waals surface area contributed by atoms with Gasteiger partial charge in [-0.25, -0.2) is 9.00 Å². The topological polar surface area (TPSA) is 74.6 Å². The molecule has 0 saturated carbocycles. The van der Waals surface area contributed by atoms with Crippen molar-refractivity contribution in [3.63, 3.8) is 0 Å². The number of carbonyl (C=O) groups is 1. The van der Waals surface area contributed by atoms with Gasteiger partial charge in [0.15, 0.2) is 11.1 Å². The van der Waals surface area contributed by atoms with Crippen LogP contribution in [0.25, 0.3) is 0 Å². The minimum Gasteiger partial charge on any atom is -0.478 e. The van der Waals surface area contributed by atoms with Crippen LogP contribution in [0.2, 0.25) is 0 Å². The van der Waals surface area contributed by atoms with Gasteiger partial charge in [0.1, 0.15) is 0 Å². The smallest absolute Gasteiger partial charge is 0.335 e. The van der Waals surface area contributed by atoms with Gasteiger partial charge in [0.25, 0.3) is 0 Å². The first kappa shape index (κ1) is 11.4. The summed E-state index contributed by atoms with van der Waals surface area (Å²) < 4.78 is 20.1. The molecule has 6 heteroatoms. The van der Waals surface area contributed by atoms with E-state index in [9.17, 15) is 9.00 Å². The van der Waals surface area contributed by atoms with Crippen molar-refractivity contribution in [2.75, 3.05) is 0 Å². The summed E-state index contributed by atoms with van der Waals surface area (Å²) in [6, 6.07) is 2.70. The molecule has 0 aliphatic heterocycles. The highest BCUT2D eigenvalue weighted by Crippen LogP contribution is 2.24.